The summed E-state index contributed by atoms with van der Waals surface area (Å²) in [4.78, 5) is 41.4. The van der Waals surface area contributed by atoms with Crippen LogP contribution in [0.4, 0.5) is 0 Å². The molecule has 0 aliphatic heterocycles. The minimum atomic E-state index is -0.648. The average Bonchev–Trinajstić information content (AvgIpc) is 3.12. The Morgan fingerprint density at radius 1 is 0.935 bits per heavy atom. The molecule has 1 aromatic heterocycles. The number of rotatable bonds is 6. The Morgan fingerprint density at radius 3 is 2.19 bits per heavy atom. The van der Waals surface area contributed by atoms with Gasteiger partial charge in [0, 0.05) is 12.1 Å². The molecule has 9 nitrogen and oxygen atoms in total. The second-order valence-electron chi connectivity index (χ2n) is 6.18. The first-order valence-corrected chi connectivity index (χ1v) is 9.83. The van der Waals surface area contributed by atoms with E-state index >= 15 is 0 Å². The zero-order valence-electron chi connectivity index (χ0n) is 17.3. The van der Waals surface area contributed by atoms with Crippen molar-refractivity contribution in [3.63, 3.8) is 0 Å². The van der Waals surface area contributed by atoms with Gasteiger partial charge in [0.25, 0.3) is 5.91 Å². The van der Waals surface area contributed by atoms with E-state index < -0.39 is 17.8 Å². The standard InChI is InChI=1S/C21H20N2O7S/c1-27-15-9-14-17(10-16(15)28-2)31-21(23(14)11-18(24)29-3)22-19(25)12-7-5-6-8-13(12)20(26)30-4/h5-10H,11H2,1-4H3. The summed E-state index contributed by atoms with van der Waals surface area (Å²) < 4.78 is 22.5. The number of fused-ring (bicyclic) bond motifs is 1. The normalized spacial score (nSPS) is 11.3. The van der Waals surface area contributed by atoms with Gasteiger partial charge in [0.15, 0.2) is 16.3 Å². The topological polar surface area (TPSA) is 105 Å². The van der Waals surface area contributed by atoms with Crippen LogP contribution in [0.5, 0.6) is 11.5 Å². The van der Waals surface area contributed by atoms with Gasteiger partial charge < -0.3 is 23.5 Å². The van der Waals surface area contributed by atoms with E-state index in [9.17, 15) is 14.4 Å². The molecule has 3 rings (SSSR count). The minimum absolute atomic E-state index is 0.0894. The van der Waals surface area contributed by atoms with Crippen LogP contribution in [0, 0.1) is 0 Å². The molecule has 0 atom stereocenters. The van der Waals surface area contributed by atoms with Gasteiger partial charge in [0.2, 0.25) is 0 Å². The van der Waals surface area contributed by atoms with E-state index in [0.29, 0.717) is 21.7 Å². The number of nitrogens with zero attached hydrogens (tertiary/aromatic N) is 2. The first-order valence-electron chi connectivity index (χ1n) is 9.02. The number of thiazole rings is 1. The summed E-state index contributed by atoms with van der Waals surface area (Å²) >= 11 is 1.18. The number of methoxy groups -OCH3 is 4. The number of carbonyl (C=O) groups is 3. The van der Waals surface area contributed by atoms with Crippen molar-refractivity contribution >= 4 is 39.4 Å². The van der Waals surface area contributed by atoms with Crippen molar-refractivity contribution in [1.82, 2.24) is 4.57 Å². The quantitative estimate of drug-likeness (QED) is 0.538. The van der Waals surface area contributed by atoms with Crippen molar-refractivity contribution in [2.75, 3.05) is 28.4 Å². The summed E-state index contributed by atoms with van der Waals surface area (Å²) in [5, 5.41) is 0. The molecule has 1 heterocycles. The molecule has 2 aromatic carbocycles. The van der Waals surface area contributed by atoms with Crippen LogP contribution < -0.4 is 14.3 Å². The second-order valence-corrected chi connectivity index (χ2v) is 7.19. The van der Waals surface area contributed by atoms with Crippen LogP contribution in [-0.4, -0.2) is 50.9 Å². The van der Waals surface area contributed by atoms with Gasteiger partial charge >= 0.3 is 11.9 Å². The molecular weight excluding hydrogens is 424 g/mol. The van der Waals surface area contributed by atoms with E-state index in [1.54, 1.807) is 28.8 Å². The molecule has 0 fully saturated rings. The summed E-state index contributed by atoms with van der Waals surface area (Å²) in [6, 6.07) is 9.65. The van der Waals surface area contributed by atoms with Gasteiger partial charge in [-0.3, -0.25) is 9.59 Å². The predicted molar refractivity (Wildman–Crippen MR) is 113 cm³/mol. The van der Waals surface area contributed by atoms with E-state index in [4.69, 9.17) is 18.9 Å². The molecule has 0 aliphatic carbocycles. The van der Waals surface area contributed by atoms with Gasteiger partial charge in [-0.05, 0) is 12.1 Å². The molecule has 0 spiro atoms. The zero-order chi connectivity index (χ0) is 22.5. The van der Waals surface area contributed by atoms with Crippen LogP contribution in [0.25, 0.3) is 10.2 Å². The largest absolute Gasteiger partial charge is 0.493 e. The van der Waals surface area contributed by atoms with Crippen molar-refractivity contribution in [2.24, 2.45) is 4.99 Å². The molecule has 31 heavy (non-hydrogen) atoms. The number of ether oxygens (including phenoxy) is 4. The molecule has 0 N–H and O–H groups in total. The molecule has 0 aliphatic rings. The number of amides is 1. The van der Waals surface area contributed by atoms with Gasteiger partial charge in [0.1, 0.15) is 6.54 Å². The monoisotopic (exact) mass is 444 g/mol. The van der Waals surface area contributed by atoms with Crippen LogP contribution in [0.15, 0.2) is 41.4 Å². The molecule has 3 aromatic rings. The third-order valence-electron chi connectivity index (χ3n) is 4.46. The number of benzene rings is 2. The van der Waals surface area contributed by atoms with Crippen molar-refractivity contribution < 1.29 is 33.3 Å². The Kier molecular flexibility index (Phi) is 6.71. The first-order chi connectivity index (χ1) is 14.9. The highest BCUT2D eigenvalue weighted by molar-refractivity contribution is 7.16. The van der Waals surface area contributed by atoms with Gasteiger partial charge in [-0.1, -0.05) is 23.5 Å². The smallest absolute Gasteiger partial charge is 0.338 e. The Morgan fingerprint density at radius 2 is 1.58 bits per heavy atom. The second kappa shape index (κ2) is 9.43. The first kappa shape index (κ1) is 22.0. The summed E-state index contributed by atoms with van der Waals surface area (Å²) in [6.45, 7) is -0.170. The predicted octanol–water partition coefficient (Wildman–Crippen LogP) is 2.42. The molecule has 0 saturated carbocycles. The van der Waals surface area contributed by atoms with E-state index in [0.717, 1.165) is 0 Å². The Bertz CT molecular complexity index is 1230. The van der Waals surface area contributed by atoms with Crippen LogP contribution >= 0.6 is 11.3 Å². The van der Waals surface area contributed by atoms with Crippen molar-refractivity contribution in [1.29, 1.82) is 0 Å². The number of aromatic nitrogens is 1. The maximum absolute atomic E-state index is 12.9. The van der Waals surface area contributed by atoms with E-state index in [-0.39, 0.29) is 22.5 Å². The van der Waals surface area contributed by atoms with Crippen LogP contribution in [0.3, 0.4) is 0 Å². The minimum Gasteiger partial charge on any atom is -0.493 e. The molecular formula is C21H20N2O7S. The maximum atomic E-state index is 12.9. The fourth-order valence-electron chi connectivity index (χ4n) is 2.93. The lowest BCUT2D eigenvalue weighted by Gasteiger charge is -2.09. The molecule has 162 valence electrons. The van der Waals surface area contributed by atoms with E-state index in [1.807, 2.05) is 0 Å². The van der Waals surface area contributed by atoms with Gasteiger partial charge in [-0.2, -0.15) is 4.99 Å². The molecule has 0 unspecified atom stereocenters. The summed E-state index contributed by atoms with van der Waals surface area (Å²) in [5.74, 6) is -0.855. The van der Waals surface area contributed by atoms with Crippen molar-refractivity contribution in [2.45, 2.75) is 6.54 Å². The van der Waals surface area contributed by atoms with Gasteiger partial charge in [-0.15, -0.1) is 0 Å². The molecule has 10 heteroatoms. The van der Waals surface area contributed by atoms with Crippen LogP contribution in [-0.2, 0) is 20.8 Å². The number of carbonyl (C=O) groups excluding carboxylic acids is 3. The van der Waals surface area contributed by atoms with Crippen LogP contribution in [0.2, 0.25) is 0 Å². The SMILES string of the molecule is COC(=O)Cn1c(=NC(=O)c2ccccc2C(=O)OC)sc2cc(OC)c(OC)cc21. The summed E-state index contributed by atoms with van der Waals surface area (Å²) in [5.41, 5.74) is 0.801. The Labute approximate surface area is 181 Å². The fourth-order valence-corrected chi connectivity index (χ4v) is 3.97. The molecule has 0 radical (unpaired) electrons. The van der Waals surface area contributed by atoms with Gasteiger partial charge in [-0.25, -0.2) is 4.79 Å². The van der Waals surface area contributed by atoms with Crippen molar-refractivity contribution in [3.05, 3.63) is 52.3 Å². The fraction of sp³-hybridized carbons (Fsp3) is 0.238. The van der Waals surface area contributed by atoms with Gasteiger partial charge in [0.05, 0.1) is 49.8 Å². The molecule has 0 bridgehead atoms. The lowest BCUT2D eigenvalue weighted by Crippen LogP contribution is -2.22. The van der Waals surface area contributed by atoms with E-state index in [2.05, 4.69) is 4.99 Å². The maximum Gasteiger partial charge on any atom is 0.338 e. The number of hydrogen-bond acceptors (Lipinski definition) is 8. The highest BCUT2D eigenvalue weighted by Crippen LogP contribution is 2.33. The van der Waals surface area contributed by atoms with Crippen LogP contribution in [0.1, 0.15) is 20.7 Å². The Hall–Kier alpha value is -3.66. The highest BCUT2D eigenvalue weighted by atomic mass is 32.1. The third kappa shape index (κ3) is 4.43. The lowest BCUT2D eigenvalue weighted by molar-refractivity contribution is -0.141. The number of esters is 2. The summed E-state index contributed by atoms with van der Waals surface area (Å²) in [7, 11) is 5.52. The van der Waals surface area contributed by atoms with E-state index in [1.165, 1.54) is 51.9 Å². The average molecular weight is 444 g/mol. The highest BCUT2D eigenvalue weighted by Gasteiger charge is 2.19. The summed E-state index contributed by atoms with van der Waals surface area (Å²) in [6.07, 6.45) is 0. The molecule has 1 amide bonds. The zero-order valence-corrected chi connectivity index (χ0v) is 18.1. The third-order valence-corrected chi connectivity index (χ3v) is 5.50. The van der Waals surface area contributed by atoms with Crippen molar-refractivity contribution in [3.8, 4) is 11.5 Å². The molecule has 0 saturated heterocycles. The lowest BCUT2D eigenvalue weighted by atomic mass is 10.1. The number of hydrogen-bond donors (Lipinski definition) is 0. The Balaban J connectivity index is 2.22.